The van der Waals surface area contributed by atoms with Crippen molar-refractivity contribution in [3.05, 3.63) is 60.0 Å². The Morgan fingerprint density at radius 3 is 2.34 bits per heavy atom. The van der Waals surface area contributed by atoms with Crippen LogP contribution >= 0.6 is 0 Å². The first-order chi connectivity index (χ1) is 15.1. The molecule has 7 heteroatoms. The van der Waals surface area contributed by atoms with Gasteiger partial charge in [-0.2, -0.15) is 4.39 Å². The Hall–Kier alpha value is -2.56. The first kappa shape index (κ1) is 34.1. The molecule has 0 saturated heterocycles. The first-order valence-corrected chi connectivity index (χ1v) is 11.4. The molecular weight excluding hydrogens is 425 g/mol. The summed E-state index contributed by atoms with van der Waals surface area (Å²) in [6, 6.07) is 3.01. The molecule has 0 aliphatic rings. The van der Waals surface area contributed by atoms with Crippen molar-refractivity contribution in [3.63, 3.8) is 0 Å². The first-order valence-electron chi connectivity index (χ1n) is 10.1. The number of nitrogens with zero attached hydrogens (tertiary/aromatic N) is 2. The second kappa shape index (κ2) is 21.7. The Morgan fingerprint density at radius 2 is 1.94 bits per heavy atom. The maximum absolute atomic E-state index is 12.4. The molecule has 1 rings (SSSR count). The van der Waals surface area contributed by atoms with Crippen molar-refractivity contribution in [1.82, 2.24) is 10.3 Å². The quantitative estimate of drug-likeness (QED) is 0.184. The molecule has 0 saturated carbocycles. The van der Waals surface area contributed by atoms with Crippen molar-refractivity contribution in [2.24, 2.45) is 4.99 Å². The SMILES string of the molecule is C#C.C=C(OC)/C(=C\CNC)CS(=O)C(C)(C)C.C=N/C=C/c1ccnc(F)c1.CCC. The fourth-order valence-corrected chi connectivity index (χ4v) is 2.62. The maximum atomic E-state index is 12.4. The molecule has 5 nitrogen and oxygen atoms in total. The molecule has 32 heavy (non-hydrogen) atoms. The topological polar surface area (TPSA) is 63.6 Å². The molecule has 0 spiro atoms. The Balaban J connectivity index is -0.000000453. The number of hydrogen-bond acceptors (Lipinski definition) is 5. The van der Waals surface area contributed by atoms with Gasteiger partial charge in [-0.1, -0.05) is 32.9 Å². The van der Waals surface area contributed by atoms with Gasteiger partial charge in [-0.3, -0.25) is 9.20 Å². The number of rotatable bonds is 8. The minimum atomic E-state index is -0.930. The average molecular weight is 466 g/mol. The van der Waals surface area contributed by atoms with E-state index in [0.717, 1.165) is 17.7 Å². The number of terminal acetylenes is 1. The largest absolute Gasteiger partial charge is 0.497 e. The summed E-state index contributed by atoms with van der Waals surface area (Å²) in [5, 5.41) is 3.02. The molecular formula is C25H40FN3O2S. The molecule has 0 radical (unpaired) electrons. The van der Waals surface area contributed by atoms with Gasteiger partial charge in [0.2, 0.25) is 5.95 Å². The number of ether oxygens (including phenoxy) is 1. The second-order valence-corrected chi connectivity index (χ2v) is 9.34. The van der Waals surface area contributed by atoms with Crippen LogP contribution < -0.4 is 5.32 Å². The van der Waals surface area contributed by atoms with Crippen LogP contribution in [-0.2, 0) is 15.5 Å². The number of allylic oxidation sites excluding steroid dienone is 1. The van der Waals surface area contributed by atoms with E-state index in [0.29, 0.717) is 11.5 Å². The average Bonchev–Trinajstić information content (AvgIpc) is 2.76. The number of halogens is 1. The van der Waals surface area contributed by atoms with Crippen LogP contribution in [0.2, 0.25) is 0 Å². The summed E-state index contributed by atoms with van der Waals surface area (Å²) in [4.78, 5) is 6.89. The van der Waals surface area contributed by atoms with Gasteiger partial charge >= 0.3 is 0 Å². The Morgan fingerprint density at radius 1 is 1.38 bits per heavy atom. The zero-order valence-corrected chi connectivity index (χ0v) is 21.5. The van der Waals surface area contributed by atoms with Gasteiger partial charge in [0.15, 0.2) is 0 Å². The van der Waals surface area contributed by atoms with Crippen molar-refractivity contribution in [2.75, 3.05) is 26.5 Å². The van der Waals surface area contributed by atoms with E-state index in [1.54, 1.807) is 19.3 Å². The normalized spacial score (nSPS) is 11.5. The van der Waals surface area contributed by atoms with E-state index in [9.17, 15) is 8.60 Å². The van der Waals surface area contributed by atoms with E-state index in [4.69, 9.17) is 4.74 Å². The third kappa shape index (κ3) is 19.4. The second-order valence-electron chi connectivity index (χ2n) is 7.13. The van der Waals surface area contributed by atoms with Crippen LogP contribution in [0.3, 0.4) is 0 Å². The van der Waals surface area contributed by atoms with Crippen LogP contribution in [0.25, 0.3) is 6.08 Å². The van der Waals surface area contributed by atoms with Crippen molar-refractivity contribution >= 4 is 23.6 Å². The van der Waals surface area contributed by atoms with E-state index < -0.39 is 16.7 Å². The molecule has 1 aromatic heterocycles. The molecule has 0 aromatic carbocycles. The predicted molar refractivity (Wildman–Crippen MR) is 140 cm³/mol. The Labute approximate surface area is 197 Å². The highest BCUT2D eigenvalue weighted by Crippen LogP contribution is 2.17. The highest BCUT2D eigenvalue weighted by molar-refractivity contribution is 7.86. The number of aromatic nitrogens is 1. The lowest BCUT2D eigenvalue weighted by Gasteiger charge is -2.19. The van der Waals surface area contributed by atoms with Crippen LogP contribution in [0.1, 0.15) is 46.6 Å². The van der Waals surface area contributed by atoms with E-state index in [1.165, 1.54) is 24.9 Å². The van der Waals surface area contributed by atoms with E-state index in [-0.39, 0.29) is 4.75 Å². The minimum absolute atomic E-state index is 0.216. The van der Waals surface area contributed by atoms with Crippen LogP contribution in [0.5, 0.6) is 0 Å². The molecule has 1 aromatic rings. The number of likely N-dealkylation sites (N-methyl/N-ethyl adjacent to an activating group) is 1. The fraction of sp³-hybridized carbons (Fsp3) is 0.440. The van der Waals surface area contributed by atoms with Gasteiger partial charge in [-0.15, -0.1) is 12.8 Å². The predicted octanol–water partition coefficient (Wildman–Crippen LogP) is 5.40. The Kier molecular flexibility index (Phi) is 23.1. The van der Waals surface area contributed by atoms with E-state index in [1.807, 2.05) is 33.9 Å². The molecule has 1 N–H and O–H groups in total. The smallest absolute Gasteiger partial charge is 0.213 e. The molecule has 1 heterocycles. The molecule has 1 unspecified atom stereocenters. The summed E-state index contributed by atoms with van der Waals surface area (Å²) >= 11 is 0. The summed E-state index contributed by atoms with van der Waals surface area (Å²) in [7, 11) is 2.51. The number of aliphatic imine (C=N–C) groups is 1. The molecule has 180 valence electrons. The van der Waals surface area contributed by atoms with Crippen molar-refractivity contribution < 1.29 is 13.3 Å². The standard InChI is InChI=1S/C12H23NO2S.C8H7FN2.C3H8.C2H2/c1-10(15-6)11(7-8-13-5)9-16(14)12(2,3)4;1-10-4-2-7-3-5-11-8(9)6-7;1-3-2;1-2/h7,13H,1,8-9H2,2-6H3;2-6H,1H2;3H2,1-2H3;1-2H/b11-7-;4-2+;;. The fourth-order valence-electron chi connectivity index (χ4n) is 1.63. The van der Waals surface area contributed by atoms with E-state index in [2.05, 4.69) is 55.3 Å². The van der Waals surface area contributed by atoms with Crippen molar-refractivity contribution in [3.8, 4) is 12.8 Å². The lowest BCUT2D eigenvalue weighted by molar-refractivity contribution is 0.302. The van der Waals surface area contributed by atoms with Crippen molar-refractivity contribution in [2.45, 2.75) is 45.8 Å². The number of pyridine rings is 1. The summed E-state index contributed by atoms with van der Waals surface area (Å²) in [6.45, 7) is 17.9. The minimum Gasteiger partial charge on any atom is -0.497 e. The zero-order chi connectivity index (χ0) is 25.6. The molecule has 0 bridgehead atoms. The van der Waals surface area contributed by atoms with Gasteiger partial charge in [-0.05, 0) is 52.2 Å². The number of methoxy groups -OCH3 is 1. The molecule has 0 aliphatic heterocycles. The van der Waals surface area contributed by atoms with Gasteiger partial charge in [-0.25, -0.2) is 4.98 Å². The Bertz CT molecular complexity index is 751. The van der Waals surface area contributed by atoms with Gasteiger partial charge < -0.3 is 10.1 Å². The zero-order valence-electron chi connectivity index (χ0n) is 20.7. The summed E-state index contributed by atoms with van der Waals surface area (Å²) in [5.41, 5.74) is 1.63. The lowest BCUT2D eigenvalue weighted by atomic mass is 10.2. The van der Waals surface area contributed by atoms with Crippen LogP contribution in [0, 0.1) is 18.8 Å². The lowest BCUT2D eigenvalue weighted by Crippen LogP contribution is -2.25. The highest BCUT2D eigenvalue weighted by atomic mass is 32.2. The van der Waals surface area contributed by atoms with Gasteiger partial charge in [0.1, 0.15) is 5.76 Å². The highest BCUT2D eigenvalue weighted by Gasteiger charge is 2.21. The monoisotopic (exact) mass is 465 g/mol. The van der Waals surface area contributed by atoms with Gasteiger partial charge in [0.05, 0.1) is 12.9 Å². The maximum Gasteiger partial charge on any atom is 0.213 e. The van der Waals surface area contributed by atoms with Crippen LogP contribution in [0.4, 0.5) is 4.39 Å². The summed E-state index contributed by atoms with van der Waals surface area (Å²) in [5.74, 6) is 0.585. The van der Waals surface area contributed by atoms with Gasteiger partial charge in [0, 0.05) is 46.1 Å². The molecule has 1 atom stereocenters. The number of hydrogen-bond donors (Lipinski definition) is 1. The van der Waals surface area contributed by atoms with Crippen LogP contribution in [0.15, 0.2) is 53.5 Å². The van der Waals surface area contributed by atoms with Crippen LogP contribution in [-0.4, -0.2) is 47.1 Å². The third-order valence-electron chi connectivity index (χ3n) is 3.25. The van der Waals surface area contributed by atoms with Gasteiger partial charge in [0.25, 0.3) is 0 Å². The summed E-state index contributed by atoms with van der Waals surface area (Å²) < 4.78 is 29.3. The molecule has 0 amide bonds. The summed E-state index contributed by atoms with van der Waals surface area (Å²) in [6.07, 6.45) is 15.8. The molecule has 0 fully saturated rings. The molecule has 0 aliphatic carbocycles. The third-order valence-corrected chi connectivity index (χ3v) is 5.19. The van der Waals surface area contributed by atoms with Crippen molar-refractivity contribution in [1.29, 1.82) is 0 Å². The number of nitrogens with one attached hydrogen (secondary N) is 1. The van der Waals surface area contributed by atoms with E-state index >= 15 is 0 Å².